The summed E-state index contributed by atoms with van der Waals surface area (Å²) in [5.74, 6) is -3.95. The lowest BCUT2D eigenvalue weighted by molar-refractivity contribution is -0.141. The van der Waals surface area contributed by atoms with E-state index in [0.717, 1.165) is 0 Å². The monoisotopic (exact) mass is 548 g/mol. The topological polar surface area (TPSA) is 211 Å². The number of aliphatic hydroxyl groups is 1. The van der Waals surface area contributed by atoms with E-state index in [2.05, 4.69) is 28.6 Å². The van der Waals surface area contributed by atoms with Gasteiger partial charge in [0, 0.05) is 12.2 Å². The molecule has 0 bridgehead atoms. The zero-order chi connectivity index (χ0) is 28.4. The molecule has 0 aliphatic carbocycles. The molecule has 0 aliphatic rings. The van der Waals surface area contributed by atoms with E-state index in [1.165, 1.54) is 43.3 Å². The molecule has 9 N–H and O–H groups in total. The van der Waals surface area contributed by atoms with Crippen LogP contribution in [0.15, 0.2) is 48.5 Å². The number of carboxylic acids is 1. The van der Waals surface area contributed by atoms with Gasteiger partial charge in [-0.1, -0.05) is 24.3 Å². The number of phenols is 2. The van der Waals surface area contributed by atoms with Crippen LogP contribution in [0.25, 0.3) is 0 Å². The molecule has 3 amide bonds. The lowest BCUT2D eigenvalue weighted by Crippen LogP contribution is -2.60. The maximum Gasteiger partial charge on any atom is 0.327 e. The number of rotatable bonds is 13. The molecule has 5 atom stereocenters. The zero-order valence-corrected chi connectivity index (χ0v) is 21.5. The molecule has 38 heavy (non-hydrogen) atoms. The first-order valence-corrected chi connectivity index (χ1v) is 12.3. The Morgan fingerprint density at radius 2 is 1.26 bits per heavy atom. The van der Waals surface area contributed by atoms with Gasteiger partial charge in [0.2, 0.25) is 17.7 Å². The number of phenolic OH excluding ortho intramolecular Hbond substituents is 2. The number of carboxylic acid groups (broad SMARTS) is 1. The third-order valence-electron chi connectivity index (χ3n) is 5.60. The number of amides is 3. The van der Waals surface area contributed by atoms with Crippen molar-refractivity contribution in [3.8, 4) is 11.5 Å². The number of aromatic hydroxyl groups is 2. The van der Waals surface area contributed by atoms with Gasteiger partial charge in [0.15, 0.2) is 0 Å². The maximum absolute atomic E-state index is 13.1. The Bertz CT molecular complexity index is 1110. The van der Waals surface area contributed by atoms with Crippen LogP contribution in [-0.4, -0.2) is 80.1 Å². The summed E-state index contributed by atoms with van der Waals surface area (Å²) in [4.78, 5) is 50.0. The van der Waals surface area contributed by atoms with Crippen molar-refractivity contribution in [1.82, 2.24) is 16.0 Å². The minimum absolute atomic E-state index is 0.0136. The van der Waals surface area contributed by atoms with Crippen molar-refractivity contribution < 1.29 is 39.6 Å². The van der Waals surface area contributed by atoms with E-state index in [1.54, 1.807) is 12.1 Å². The van der Waals surface area contributed by atoms with Gasteiger partial charge in [-0.15, -0.1) is 0 Å². The number of hydrogen-bond donors (Lipinski definition) is 9. The van der Waals surface area contributed by atoms with Gasteiger partial charge in [-0.05, 0) is 48.7 Å². The largest absolute Gasteiger partial charge is 0.508 e. The molecule has 206 valence electrons. The lowest BCUT2D eigenvalue weighted by Gasteiger charge is -2.26. The Balaban J connectivity index is 2.17. The first-order chi connectivity index (χ1) is 17.9. The van der Waals surface area contributed by atoms with Crippen LogP contribution in [0.5, 0.6) is 11.5 Å². The molecule has 0 aliphatic heterocycles. The highest BCUT2D eigenvalue weighted by Crippen LogP contribution is 2.13. The molecule has 2 rings (SSSR count). The minimum atomic E-state index is -1.48. The molecule has 0 radical (unpaired) electrons. The zero-order valence-electron chi connectivity index (χ0n) is 20.6. The van der Waals surface area contributed by atoms with Crippen molar-refractivity contribution >= 4 is 36.3 Å². The van der Waals surface area contributed by atoms with Crippen molar-refractivity contribution in [2.24, 2.45) is 5.73 Å². The van der Waals surface area contributed by atoms with Gasteiger partial charge in [-0.2, -0.15) is 12.6 Å². The van der Waals surface area contributed by atoms with E-state index in [4.69, 9.17) is 5.73 Å². The molecule has 0 saturated carbocycles. The van der Waals surface area contributed by atoms with E-state index >= 15 is 0 Å². The van der Waals surface area contributed by atoms with Crippen molar-refractivity contribution in [3.63, 3.8) is 0 Å². The average Bonchev–Trinajstić information content (AvgIpc) is 2.87. The first kappa shape index (κ1) is 30.4. The second-order valence-electron chi connectivity index (χ2n) is 8.72. The summed E-state index contributed by atoms with van der Waals surface area (Å²) in [5, 5.41) is 45.5. The third kappa shape index (κ3) is 9.25. The van der Waals surface area contributed by atoms with Crippen LogP contribution in [0.2, 0.25) is 0 Å². The fourth-order valence-corrected chi connectivity index (χ4v) is 3.69. The van der Waals surface area contributed by atoms with Crippen LogP contribution in [0.3, 0.4) is 0 Å². The van der Waals surface area contributed by atoms with E-state index in [1.807, 2.05) is 0 Å². The van der Waals surface area contributed by atoms with Crippen LogP contribution >= 0.6 is 12.6 Å². The van der Waals surface area contributed by atoms with Crippen LogP contribution in [0.1, 0.15) is 18.1 Å². The number of benzene rings is 2. The molecular formula is C25H32N4O8S. The van der Waals surface area contributed by atoms with Gasteiger partial charge in [-0.3, -0.25) is 14.4 Å². The SMILES string of the molecule is CC(O)C(NC(=O)C(N)Cc1ccc(O)cc1)C(=O)NC(Cc1ccc(O)cc1)C(=O)NC(CS)C(=O)O. The van der Waals surface area contributed by atoms with Crippen LogP contribution < -0.4 is 21.7 Å². The number of carbonyl (C=O) groups excluding carboxylic acids is 3. The van der Waals surface area contributed by atoms with Crippen molar-refractivity contribution in [2.45, 2.75) is 50.0 Å². The predicted octanol–water partition coefficient (Wildman–Crippen LogP) is -0.940. The molecule has 0 aromatic heterocycles. The quantitative estimate of drug-likeness (QED) is 0.141. The van der Waals surface area contributed by atoms with Crippen molar-refractivity contribution in [3.05, 3.63) is 59.7 Å². The summed E-state index contributed by atoms with van der Waals surface area (Å²) in [6.07, 6.45) is -1.37. The molecule has 13 heteroatoms. The summed E-state index contributed by atoms with van der Waals surface area (Å²) in [5.41, 5.74) is 7.16. The molecule has 5 unspecified atom stereocenters. The fourth-order valence-electron chi connectivity index (χ4n) is 3.44. The van der Waals surface area contributed by atoms with Gasteiger partial charge >= 0.3 is 5.97 Å². The highest BCUT2D eigenvalue weighted by molar-refractivity contribution is 7.80. The molecule has 0 spiro atoms. The third-order valence-corrected chi connectivity index (χ3v) is 5.96. The lowest BCUT2D eigenvalue weighted by atomic mass is 10.0. The molecule has 2 aromatic carbocycles. The molecule has 12 nitrogen and oxygen atoms in total. The Morgan fingerprint density at radius 3 is 1.71 bits per heavy atom. The molecule has 0 heterocycles. The number of nitrogens with one attached hydrogen (secondary N) is 3. The summed E-state index contributed by atoms with van der Waals surface area (Å²) in [6, 6.07) is 6.67. The van der Waals surface area contributed by atoms with Crippen molar-refractivity contribution in [1.29, 1.82) is 0 Å². The van der Waals surface area contributed by atoms with Gasteiger partial charge in [-0.25, -0.2) is 4.79 Å². The number of thiol groups is 1. The molecular weight excluding hydrogens is 516 g/mol. The molecule has 0 saturated heterocycles. The van der Waals surface area contributed by atoms with Crippen LogP contribution in [0, 0.1) is 0 Å². The number of nitrogens with two attached hydrogens (primary N) is 1. The summed E-state index contributed by atoms with van der Waals surface area (Å²) >= 11 is 3.92. The summed E-state index contributed by atoms with van der Waals surface area (Å²) < 4.78 is 0. The highest BCUT2D eigenvalue weighted by Gasteiger charge is 2.32. The number of carbonyl (C=O) groups is 4. The second kappa shape index (κ2) is 14.2. The standard InChI is InChI=1S/C25H32N4O8S/c1-13(30)21(29-22(33)18(26)10-14-2-6-16(31)7-3-14)24(35)27-19(11-15-4-8-17(32)9-5-15)23(34)28-20(12-38)25(36)37/h2-9,13,18-21,30-32,38H,10-12,26H2,1H3,(H,27,35)(H,28,34)(H,29,33)(H,36,37). The second-order valence-corrected chi connectivity index (χ2v) is 9.08. The Kier molecular flexibility index (Phi) is 11.4. The number of aliphatic carboxylic acids is 1. The highest BCUT2D eigenvalue weighted by atomic mass is 32.1. The summed E-state index contributed by atoms with van der Waals surface area (Å²) in [7, 11) is 0. The van der Waals surface area contributed by atoms with Crippen molar-refractivity contribution in [2.75, 3.05) is 5.75 Å². The molecule has 2 aromatic rings. The van der Waals surface area contributed by atoms with Gasteiger partial charge in [0.05, 0.1) is 12.1 Å². The minimum Gasteiger partial charge on any atom is -0.508 e. The van der Waals surface area contributed by atoms with Gasteiger partial charge in [0.25, 0.3) is 0 Å². The first-order valence-electron chi connectivity index (χ1n) is 11.7. The fraction of sp³-hybridized carbons (Fsp3) is 0.360. The van der Waals surface area contributed by atoms with Crippen LogP contribution in [0.4, 0.5) is 0 Å². The summed E-state index contributed by atoms with van der Waals surface area (Å²) in [6.45, 7) is 1.27. The normalized spacial score (nSPS) is 14.8. The van der Waals surface area contributed by atoms with Gasteiger partial charge < -0.3 is 42.1 Å². The number of hydrogen-bond acceptors (Lipinski definition) is 9. The number of aliphatic hydroxyl groups excluding tert-OH is 1. The Hall–Kier alpha value is -3.81. The van der Waals surface area contributed by atoms with E-state index < -0.39 is 54.0 Å². The Morgan fingerprint density at radius 1 is 0.789 bits per heavy atom. The predicted molar refractivity (Wildman–Crippen MR) is 141 cm³/mol. The maximum atomic E-state index is 13.1. The van der Waals surface area contributed by atoms with E-state index in [0.29, 0.717) is 11.1 Å². The Labute approximate surface area is 224 Å². The smallest absolute Gasteiger partial charge is 0.327 e. The van der Waals surface area contributed by atoms with Gasteiger partial charge in [0.1, 0.15) is 29.6 Å². The van der Waals surface area contributed by atoms with Crippen LogP contribution in [-0.2, 0) is 32.0 Å². The van der Waals surface area contributed by atoms with E-state index in [9.17, 15) is 39.6 Å². The molecule has 0 fully saturated rings. The average molecular weight is 549 g/mol. The van der Waals surface area contributed by atoms with E-state index in [-0.39, 0.29) is 30.1 Å².